The molecular weight excluding hydrogens is 613 g/mol. The van der Waals surface area contributed by atoms with Crippen LogP contribution in [0.4, 0.5) is 11.4 Å². The fraction of sp³-hybridized carbons (Fsp3) is 0.500. The number of carbonyl (C=O) groups excluding carboxylic acids is 2. The summed E-state index contributed by atoms with van der Waals surface area (Å²) in [6.07, 6.45) is 9.57. The van der Waals surface area contributed by atoms with Crippen molar-refractivity contribution in [1.82, 2.24) is 0 Å². The maximum absolute atomic E-state index is 13.4. The van der Waals surface area contributed by atoms with E-state index >= 15 is 0 Å². The van der Waals surface area contributed by atoms with Crippen molar-refractivity contribution in [3.8, 4) is 5.75 Å². The number of rotatable bonds is 9. The molecule has 2 aromatic carbocycles. The SMILES string of the molecule is CC1(C)C(/C=C/c2ccccc2)=Nc2c(NC(=O)C3CCC(C[SH](=O)=O)CC3)ccc(OC(=O)[C@H]3CC[C@H](S(C)(=O)=O)CC3)c21. The summed E-state index contributed by atoms with van der Waals surface area (Å²) in [6, 6.07) is 13.3. The second-order valence-corrected chi connectivity index (χ2v) is 16.5. The number of benzene rings is 2. The molecule has 0 radical (unpaired) electrons. The van der Waals surface area contributed by atoms with Gasteiger partial charge >= 0.3 is 5.97 Å². The number of hydrogen-bond acceptors (Lipinski definition) is 8. The van der Waals surface area contributed by atoms with Crippen LogP contribution in [0.1, 0.15) is 76.3 Å². The number of ether oxygens (including phenoxy) is 1. The summed E-state index contributed by atoms with van der Waals surface area (Å²) in [5.74, 6) is -0.494. The number of aliphatic imine (C=N–C) groups is 1. The number of fused-ring (bicyclic) bond motifs is 1. The third-order valence-electron chi connectivity index (χ3n) is 9.58. The number of sulfone groups is 1. The highest BCUT2D eigenvalue weighted by Crippen LogP contribution is 2.50. The number of nitrogens with one attached hydrogen (secondary N) is 1. The van der Waals surface area contributed by atoms with Gasteiger partial charge in [-0.3, -0.25) is 9.59 Å². The minimum atomic E-state index is -3.15. The molecule has 0 saturated heterocycles. The van der Waals surface area contributed by atoms with E-state index in [0.717, 1.165) is 11.3 Å². The average Bonchev–Trinajstić information content (AvgIpc) is 3.27. The lowest BCUT2D eigenvalue weighted by molar-refractivity contribution is -0.140. The van der Waals surface area contributed by atoms with Crippen molar-refractivity contribution in [2.75, 3.05) is 17.3 Å². The van der Waals surface area contributed by atoms with Crippen molar-refractivity contribution >= 4 is 55.6 Å². The standard InChI is InChI=1S/C34H42N2O7S2/c1-34(2)29(20-11-22-7-5-4-6-8-22)36-31-27(35-32(37)24-12-9-23(10-13-24)21-44(39)40)18-19-28(30(31)34)43-33(38)25-14-16-26(17-15-25)45(3,41)42/h4-8,11,18-20,23-26,44H,9-10,12-17,21H2,1-3H3,(H,35,37)/b20-11+/t23?,24?,25-,26-. The van der Waals surface area contributed by atoms with Gasteiger partial charge in [-0.1, -0.05) is 36.4 Å². The van der Waals surface area contributed by atoms with E-state index in [9.17, 15) is 26.4 Å². The first-order valence-electron chi connectivity index (χ1n) is 15.7. The molecule has 5 rings (SSSR count). The van der Waals surface area contributed by atoms with E-state index < -0.39 is 37.1 Å². The van der Waals surface area contributed by atoms with Gasteiger partial charge in [0.2, 0.25) is 5.91 Å². The maximum atomic E-state index is 13.4. The van der Waals surface area contributed by atoms with Crippen LogP contribution in [0.15, 0.2) is 53.5 Å². The first-order chi connectivity index (χ1) is 21.3. The summed E-state index contributed by atoms with van der Waals surface area (Å²) >= 11 is 0. The largest absolute Gasteiger partial charge is 0.426 e. The molecule has 0 spiro atoms. The van der Waals surface area contributed by atoms with E-state index in [1.165, 1.54) is 6.26 Å². The van der Waals surface area contributed by atoms with Crippen molar-refractivity contribution < 1.29 is 31.2 Å². The molecule has 0 unspecified atom stereocenters. The summed E-state index contributed by atoms with van der Waals surface area (Å²) in [6.45, 7) is 4.02. The summed E-state index contributed by atoms with van der Waals surface area (Å²) in [7, 11) is -5.58. The van der Waals surface area contributed by atoms with Crippen LogP contribution in [0.3, 0.4) is 0 Å². The van der Waals surface area contributed by atoms with Gasteiger partial charge in [0.25, 0.3) is 0 Å². The van der Waals surface area contributed by atoms with Crippen LogP contribution in [0, 0.1) is 17.8 Å². The molecule has 0 aromatic heterocycles. The highest BCUT2D eigenvalue weighted by Gasteiger charge is 2.40. The van der Waals surface area contributed by atoms with E-state index in [1.807, 2.05) is 56.3 Å². The molecule has 1 amide bonds. The molecule has 2 fully saturated rings. The van der Waals surface area contributed by atoms with E-state index in [0.29, 0.717) is 74.1 Å². The lowest BCUT2D eigenvalue weighted by Gasteiger charge is -2.28. The van der Waals surface area contributed by atoms with Crippen LogP contribution in [-0.2, 0) is 35.5 Å². The Kier molecular flexibility index (Phi) is 9.98. The second-order valence-electron chi connectivity index (χ2n) is 13.1. The lowest BCUT2D eigenvalue weighted by atomic mass is 9.80. The zero-order valence-corrected chi connectivity index (χ0v) is 27.7. The van der Waals surface area contributed by atoms with E-state index in [1.54, 1.807) is 12.1 Å². The topological polar surface area (TPSA) is 136 Å². The van der Waals surface area contributed by atoms with Crippen molar-refractivity contribution in [1.29, 1.82) is 0 Å². The normalized spacial score (nSPS) is 24.7. The fourth-order valence-electron chi connectivity index (χ4n) is 6.82. The molecule has 0 atom stereocenters. The highest BCUT2D eigenvalue weighted by atomic mass is 32.2. The Hall–Kier alpha value is -3.31. The van der Waals surface area contributed by atoms with Gasteiger partial charge in [0.15, 0.2) is 0 Å². The molecule has 2 aromatic rings. The molecule has 242 valence electrons. The molecule has 3 aliphatic rings. The van der Waals surface area contributed by atoms with Gasteiger partial charge in [-0.15, -0.1) is 0 Å². The third kappa shape index (κ3) is 7.74. The smallest absolute Gasteiger partial charge is 0.314 e. The van der Waals surface area contributed by atoms with Crippen LogP contribution in [0.5, 0.6) is 5.75 Å². The quantitative estimate of drug-likeness (QED) is 0.203. The Labute approximate surface area is 267 Å². The Morgan fingerprint density at radius 2 is 1.58 bits per heavy atom. The van der Waals surface area contributed by atoms with Crippen LogP contribution >= 0.6 is 0 Å². The van der Waals surface area contributed by atoms with Crippen molar-refractivity contribution in [2.45, 2.75) is 75.9 Å². The molecule has 9 nitrogen and oxygen atoms in total. The fourth-order valence-corrected chi connectivity index (χ4v) is 8.74. The monoisotopic (exact) mass is 654 g/mol. The molecule has 11 heteroatoms. The van der Waals surface area contributed by atoms with Gasteiger partial charge in [-0.25, -0.2) is 21.8 Å². The molecule has 0 bridgehead atoms. The first kappa shape index (κ1) is 33.1. The number of thiol groups is 1. The number of allylic oxidation sites excluding steroid dienone is 1. The zero-order chi connectivity index (χ0) is 32.4. The summed E-state index contributed by atoms with van der Waals surface area (Å²) in [4.78, 5) is 31.7. The van der Waals surface area contributed by atoms with Crippen LogP contribution < -0.4 is 10.1 Å². The predicted molar refractivity (Wildman–Crippen MR) is 178 cm³/mol. The molecule has 1 heterocycles. The summed E-state index contributed by atoms with van der Waals surface area (Å²) in [5.41, 5.74) is 2.88. The van der Waals surface area contributed by atoms with Crippen LogP contribution in [-0.4, -0.2) is 51.7 Å². The minimum Gasteiger partial charge on any atom is -0.426 e. The molecular formula is C34H42N2O7S2. The number of anilines is 1. The molecule has 2 aliphatic carbocycles. The van der Waals surface area contributed by atoms with Gasteiger partial charge in [0.05, 0.1) is 34.0 Å². The number of carbonyl (C=O) groups is 2. The van der Waals surface area contributed by atoms with Crippen LogP contribution in [0.25, 0.3) is 6.08 Å². The first-order valence-corrected chi connectivity index (χ1v) is 19.0. The van der Waals surface area contributed by atoms with E-state index in [-0.39, 0.29) is 29.5 Å². The van der Waals surface area contributed by atoms with Gasteiger partial charge in [0.1, 0.15) is 26.3 Å². The zero-order valence-electron chi connectivity index (χ0n) is 26.0. The number of hydrogen-bond donors (Lipinski definition) is 2. The molecule has 45 heavy (non-hydrogen) atoms. The van der Waals surface area contributed by atoms with Crippen molar-refractivity contribution in [2.24, 2.45) is 22.7 Å². The van der Waals surface area contributed by atoms with Gasteiger partial charge in [-0.2, -0.15) is 0 Å². The molecule has 2 saturated carbocycles. The Morgan fingerprint density at radius 3 is 2.20 bits per heavy atom. The predicted octanol–water partition coefficient (Wildman–Crippen LogP) is 5.63. The second kappa shape index (κ2) is 13.6. The average molecular weight is 655 g/mol. The molecule has 1 N–H and O–H groups in total. The van der Waals surface area contributed by atoms with E-state index in [2.05, 4.69) is 5.32 Å². The number of nitrogens with zero attached hydrogens (tertiary/aromatic N) is 1. The van der Waals surface area contributed by atoms with Crippen LogP contribution in [0.2, 0.25) is 0 Å². The summed E-state index contributed by atoms with van der Waals surface area (Å²) in [5, 5.41) is 2.65. The Morgan fingerprint density at radius 1 is 0.933 bits per heavy atom. The number of esters is 1. The lowest BCUT2D eigenvalue weighted by Crippen LogP contribution is -2.32. The van der Waals surface area contributed by atoms with Crippen molar-refractivity contribution in [3.05, 3.63) is 59.7 Å². The molecule has 1 aliphatic heterocycles. The van der Waals surface area contributed by atoms with Gasteiger partial charge in [0, 0.05) is 23.2 Å². The van der Waals surface area contributed by atoms with E-state index in [4.69, 9.17) is 9.73 Å². The van der Waals surface area contributed by atoms with Crippen molar-refractivity contribution in [3.63, 3.8) is 0 Å². The minimum absolute atomic E-state index is 0.0964. The Balaban J connectivity index is 1.39. The maximum Gasteiger partial charge on any atom is 0.314 e. The number of amides is 1. The summed E-state index contributed by atoms with van der Waals surface area (Å²) < 4.78 is 52.4. The van der Waals surface area contributed by atoms with Gasteiger partial charge < -0.3 is 10.1 Å². The third-order valence-corrected chi connectivity index (χ3v) is 12.1. The van der Waals surface area contributed by atoms with Gasteiger partial charge in [-0.05, 0) is 94.9 Å². The Bertz CT molecular complexity index is 1670. The highest BCUT2D eigenvalue weighted by molar-refractivity contribution is 7.91.